The lowest BCUT2D eigenvalue weighted by Gasteiger charge is -2.23. The van der Waals surface area contributed by atoms with E-state index < -0.39 is 10.9 Å². The van der Waals surface area contributed by atoms with Crippen LogP contribution in [-0.2, 0) is 9.53 Å². The van der Waals surface area contributed by atoms with E-state index in [0.29, 0.717) is 12.2 Å². The first-order valence-corrected chi connectivity index (χ1v) is 6.11. The number of carbonyl (C=O) groups excluding carboxylic acids is 1. The highest BCUT2D eigenvalue weighted by Crippen LogP contribution is 2.37. The van der Waals surface area contributed by atoms with E-state index in [1.54, 1.807) is 11.8 Å². The first-order chi connectivity index (χ1) is 8.90. The van der Waals surface area contributed by atoms with Crippen molar-refractivity contribution in [2.24, 2.45) is 0 Å². The highest BCUT2D eigenvalue weighted by molar-refractivity contribution is 6.39. The molecular formula is C11H12Cl2N2O4. The Bertz CT molecular complexity index is 484. The molecule has 0 aliphatic rings. The van der Waals surface area contributed by atoms with Gasteiger partial charge in [-0.2, -0.15) is 0 Å². The fraction of sp³-hybridized carbons (Fsp3) is 0.364. The third-order valence-electron chi connectivity index (χ3n) is 2.46. The van der Waals surface area contributed by atoms with E-state index in [-0.39, 0.29) is 22.3 Å². The summed E-state index contributed by atoms with van der Waals surface area (Å²) in [5, 5.41) is 10.9. The summed E-state index contributed by atoms with van der Waals surface area (Å²) in [6.45, 7) is 2.22. The molecule has 1 rings (SSSR count). The van der Waals surface area contributed by atoms with Crippen molar-refractivity contribution in [3.8, 4) is 0 Å². The quantitative estimate of drug-likeness (QED) is 0.475. The van der Waals surface area contributed by atoms with Crippen molar-refractivity contribution in [1.29, 1.82) is 0 Å². The van der Waals surface area contributed by atoms with Crippen molar-refractivity contribution in [2.45, 2.75) is 6.92 Å². The van der Waals surface area contributed by atoms with Crippen LogP contribution in [0.15, 0.2) is 12.1 Å². The van der Waals surface area contributed by atoms with E-state index in [1.807, 2.05) is 0 Å². The number of benzene rings is 1. The van der Waals surface area contributed by atoms with Crippen molar-refractivity contribution >= 4 is 40.5 Å². The zero-order valence-corrected chi connectivity index (χ0v) is 11.9. The highest BCUT2D eigenvalue weighted by atomic mass is 35.5. The molecule has 0 saturated heterocycles. The fourth-order valence-electron chi connectivity index (χ4n) is 1.53. The third-order valence-corrected chi connectivity index (χ3v) is 3.03. The van der Waals surface area contributed by atoms with Gasteiger partial charge in [-0.15, -0.1) is 0 Å². The Morgan fingerprint density at radius 3 is 2.32 bits per heavy atom. The topological polar surface area (TPSA) is 72.7 Å². The van der Waals surface area contributed by atoms with Crippen LogP contribution >= 0.6 is 23.2 Å². The number of hydrogen-bond acceptors (Lipinski definition) is 5. The van der Waals surface area contributed by atoms with Crippen molar-refractivity contribution in [3.05, 3.63) is 32.3 Å². The second kappa shape index (κ2) is 6.58. The van der Waals surface area contributed by atoms with Gasteiger partial charge >= 0.3 is 5.97 Å². The summed E-state index contributed by atoms with van der Waals surface area (Å²) >= 11 is 12.0. The average Bonchev–Trinajstić information content (AvgIpc) is 2.35. The first-order valence-electron chi connectivity index (χ1n) is 5.35. The molecular weight excluding hydrogens is 295 g/mol. The molecule has 8 heteroatoms. The predicted octanol–water partition coefficient (Wildman–Crippen LogP) is 2.90. The maximum Gasteiger partial charge on any atom is 0.325 e. The lowest BCUT2D eigenvalue weighted by molar-refractivity contribution is -0.384. The standard InChI is InChI=1S/C11H12Cl2N2O4/c1-3-14(6-10(16)19-2)11-8(12)4-7(15(17)18)5-9(11)13/h4-5H,3,6H2,1-2H3. The van der Waals surface area contributed by atoms with Crippen molar-refractivity contribution < 1.29 is 14.5 Å². The molecule has 0 saturated carbocycles. The van der Waals surface area contributed by atoms with Crippen LogP contribution in [-0.4, -0.2) is 31.1 Å². The van der Waals surface area contributed by atoms with Crippen LogP contribution in [0, 0.1) is 10.1 Å². The molecule has 1 aromatic rings. The Hall–Kier alpha value is -1.53. The van der Waals surface area contributed by atoms with Gasteiger partial charge < -0.3 is 9.64 Å². The molecule has 0 radical (unpaired) electrons. The van der Waals surface area contributed by atoms with Gasteiger partial charge in [0.2, 0.25) is 0 Å². The summed E-state index contributed by atoms with van der Waals surface area (Å²) in [4.78, 5) is 23.0. The van der Waals surface area contributed by atoms with Gasteiger partial charge in [0.15, 0.2) is 0 Å². The second-order valence-corrected chi connectivity index (χ2v) is 4.42. The van der Waals surface area contributed by atoms with Gasteiger partial charge in [-0.05, 0) is 6.92 Å². The van der Waals surface area contributed by atoms with Crippen LogP contribution in [0.3, 0.4) is 0 Å². The molecule has 6 nitrogen and oxygen atoms in total. The molecule has 0 heterocycles. The van der Waals surface area contributed by atoms with Crippen LogP contribution in [0.4, 0.5) is 11.4 Å². The number of nitro benzene ring substituents is 1. The monoisotopic (exact) mass is 306 g/mol. The van der Waals surface area contributed by atoms with E-state index in [9.17, 15) is 14.9 Å². The fourth-order valence-corrected chi connectivity index (χ4v) is 2.24. The summed E-state index contributed by atoms with van der Waals surface area (Å²) in [6, 6.07) is 2.39. The van der Waals surface area contributed by atoms with Crippen LogP contribution in [0.1, 0.15) is 6.92 Å². The molecule has 0 fully saturated rings. The van der Waals surface area contributed by atoms with Gasteiger partial charge in [0, 0.05) is 18.7 Å². The lowest BCUT2D eigenvalue weighted by atomic mass is 10.2. The molecule has 19 heavy (non-hydrogen) atoms. The maximum atomic E-state index is 11.3. The molecule has 0 N–H and O–H groups in total. The molecule has 0 bridgehead atoms. The van der Waals surface area contributed by atoms with E-state index in [2.05, 4.69) is 4.74 Å². The van der Waals surface area contributed by atoms with E-state index in [4.69, 9.17) is 23.2 Å². The number of rotatable bonds is 5. The molecule has 104 valence electrons. The number of halogens is 2. The Kier molecular flexibility index (Phi) is 5.38. The van der Waals surface area contributed by atoms with Gasteiger partial charge in [-0.25, -0.2) is 0 Å². The van der Waals surface area contributed by atoms with E-state index in [1.165, 1.54) is 19.2 Å². The van der Waals surface area contributed by atoms with E-state index in [0.717, 1.165) is 0 Å². The molecule has 0 aliphatic heterocycles. The van der Waals surface area contributed by atoms with Crippen LogP contribution in [0.25, 0.3) is 0 Å². The molecule has 0 amide bonds. The summed E-state index contributed by atoms with van der Waals surface area (Å²) in [6.07, 6.45) is 0. The Labute approximate surface area is 120 Å². The van der Waals surface area contributed by atoms with Crippen LogP contribution in [0.2, 0.25) is 10.0 Å². The van der Waals surface area contributed by atoms with Gasteiger partial charge in [-0.3, -0.25) is 14.9 Å². The molecule has 0 spiro atoms. The highest BCUT2D eigenvalue weighted by Gasteiger charge is 2.20. The van der Waals surface area contributed by atoms with E-state index >= 15 is 0 Å². The minimum Gasteiger partial charge on any atom is -0.468 e. The third kappa shape index (κ3) is 3.71. The SMILES string of the molecule is CCN(CC(=O)OC)c1c(Cl)cc([N+](=O)[O-])cc1Cl. The summed E-state index contributed by atoms with van der Waals surface area (Å²) < 4.78 is 4.57. The number of nitrogens with zero attached hydrogens (tertiary/aromatic N) is 2. The number of hydrogen-bond donors (Lipinski definition) is 0. The summed E-state index contributed by atoms with van der Waals surface area (Å²) in [5.41, 5.74) is 0.176. The van der Waals surface area contributed by atoms with Crippen molar-refractivity contribution in [1.82, 2.24) is 0 Å². The zero-order chi connectivity index (χ0) is 14.6. The minimum atomic E-state index is -0.585. The van der Waals surface area contributed by atoms with Gasteiger partial charge in [0.25, 0.3) is 5.69 Å². The average molecular weight is 307 g/mol. The largest absolute Gasteiger partial charge is 0.468 e. The number of anilines is 1. The number of nitro groups is 1. The summed E-state index contributed by atoms with van der Waals surface area (Å²) in [7, 11) is 1.27. The number of esters is 1. The number of likely N-dealkylation sites (N-methyl/N-ethyl adjacent to an activating group) is 1. The Morgan fingerprint density at radius 2 is 1.95 bits per heavy atom. The lowest BCUT2D eigenvalue weighted by Crippen LogP contribution is -2.30. The van der Waals surface area contributed by atoms with Gasteiger partial charge in [0.05, 0.1) is 27.8 Å². The number of carbonyl (C=O) groups is 1. The molecule has 0 aliphatic carbocycles. The zero-order valence-electron chi connectivity index (χ0n) is 10.4. The van der Waals surface area contributed by atoms with Crippen molar-refractivity contribution in [3.63, 3.8) is 0 Å². The second-order valence-electron chi connectivity index (χ2n) is 3.61. The molecule has 0 aromatic heterocycles. The summed E-state index contributed by atoms with van der Waals surface area (Å²) in [5.74, 6) is -0.452. The maximum absolute atomic E-state index is 11.3. The number of methoxy groups -OCH3 is 1. The van der Waals surface area contributed by atoms with Crippen LogP contribution in [0.5, 0.6) is 0 Å². The number of non-ortho nitro benzene ring substituents is 1. The molecule has 0 atom stereocenters. The van der Waals surface area contributed by atoms with Crippen LogP contribution < -0.4 is 4.90 Å². The van der Waals surface area contributed by atoms with Gasteiger partial charge in [-0.1, -0.05) is 23.2 Å². The molecule has 0 unspecified atom stereocenters. The van der Waals surface area contributed by atoms with Crippen molar-refractivity contribution in [2.75, 3.05) is 25.1 Å². The normalized spacial score (nSPS) is 10.1. The smallest absolute Gasteiger partial charge is 0.325 e. The Balaban J connectivity index is 3.17. The Morgan fingerprint density at radius 1 is 1.42 bits per heavy atom. The van der Waals surface area contributed by atoms with Gasteiger partial charge in [0.1, 0.15) is 6.54 Å². The molecule has 1 aromatic carbocycles. The number of ether oxygens (including phenoxy) is 1. The first kappa shape index (κ1) is 15.5. The predicted molar refractivity (Wildman–Crippen MR) is 73.0 cm³/mol. The minimum absolute atomic E-state index is 0.0374.